The number of amides is 2. The Kier molecular flexibility index (Phi) is 7.84. The van der Waals surface area contributed by atoms with E-state index in [4.69, 9.17) is 16.4 Å². The molecule has 0 radical (unpaired) electrons. The second kappa shape index (κ2) is 10.7. The minimum absolute atomic E-state index is 0.0188. The van der Waals surface area contributed by atoms with E-state index in [1.54, 1.807) is 36.1 Å². The Morgan fingerprint density at radius 3 is 2.67 bits per heavy atom. The lowest BCUT2D eigenvalue weighted by atomic mass is 10.1. The normalized spacial score (nSPS) is 21.4. The van der Waals surface area contributed by atoms with Crippen molar-refractivity contribution in [1.82, 2.24) is 19.6 Å². The van der Waals surface area contributed by atoms with Gasteiger partial charge in [-0.1, -0.05) is 23.7 Å². The summed E-state index contributed by atoms with van der Waals surface area (Å²) >= 11 is 6.01. The number of benzene rings is 2. The van der Waals surface area contributed by atoms with Gasteiger partial charge in [0, 0.05) is 24.7 Å². The Labute approximate surface area is 215 Å². The molecule has 12 heteroatoms. The summed E-state index contributed by atoms with van der Waals surface area (Å²) in [7, 11) is -2.52. The van der Waals surface area contributed by atoms with Crippen LogP contribution in [0.4, 0.5) is 0 Å². The molecule has 0 spiro atoms. The Bertz CT molecular complexity index is 1270. The minimum atomic E-state index is -4.38. The van der Waals surface area contributed by atoms with Crippen molar-refractivity contribution in [3.05, 3.63) is 41.4 Å². The van der Waals surface area contributed by atoms with Crippen LogP contribution in [-0.4, -0.2) is 86.3 Å². The molecule has 10 nitrogen and oxygen atoms in total. The van der Waals surface area contributed by atoms with Gasteiger partial charge in [0.05, 0.1) is 4.90 Å². The summed E-state index contributed by atoms with van der Waals surface area (Å²) in [5.74, 6) is -0.408. The zero-order valence-electron chi connectivity index (χ0n) is 20.1. The fourth-order valence-electron chi connectivity index (χ4n) is 4.95. The topological polar surface area (TPSA) is 116 Å². The van der Waals surface area contributed by atoms with Gasteiger partial charge in [0.25, 0.3) is 10.0 Å². The Morgan fingerprint density at radius 2 is 1.94 bits per heavy atom. The smallest absolute Gasteiger partial charge is 0.314 e. The predicted molar refractivity (Wildman–Crippen MR) is 133 cm³/mol. The summed E-state index contributed by atoms with van der Waals surface area (Å²) in [5.41, 5.74) is 0. The molecular formula is C24H29ClN4O6S. The van der Waals surface area contributed by atoms with E-state index >= 15 is 0 Å². The monoisotopic (exact) mass is 536 g/mol. The van der Waals surface area contributed by atoms with E-state index in [0.29, 0.717) is 33.9 Å². The maximum absolute atomic E-state index is 13.4. The van der Waals surface area contributed by atoms with Gasteiger partial charge in [-0.05, 0) is 78.8 Å². The number of nitrogens with zero attached hydrogens (tertiary/aromatic N) is 3. The SMILES string of the molecule is CNCC1CCN(C(=O)[C@H](C)N2CCC(N(OC=O)S(=O)(=O)c3ccc4cc(Cl)ccc4c3)C2=O)C1. The molecule has 1 N–H and O–H groups in total. The number of rotatable bonds is 9. The van der Waals surface area contributed by atoms with Gasteiger partial charge in [-0.3, -0.25) is 14.4 Å². The van der Waals surface area contributed by atoms with Gasteiger partial charge in [0.1, 0.15) is 12.1 Å². The van der Waals surface area contributed by atoms with Crippen molar-refractivity contribution >= 4 is 50.7 Å². The third-order valence-electron chi connectivity index (χ3n) is 6.84. The maximum Gasteiger partial charge on any atom is 0.314 e. The summed E-state index contributed by atoms with van der Waals surface area (Å²) < 4.78 is 27.3. The van der Waals surface area contributed by atoms with Gasteiger partial charge in [-0.15, -0.1) is 0 Å². The minimum Gasteiger partial charge on any atom is -0.355 e. The highest BCUT2D eigenvalue weighted by atomic mass is 35.5. The van der Waals surface area contributed by atoms with E-state index in [1.807, 2.05) is 7.05 Å². The Balaban J connectivity index is 1.53. The number of carbonyl (C=O) groups is 3. The van der Waals surface area contributed by atoms with Crippen LogP contribution in [-0.2, 0) is 29.2 Å². The van der Waals surface area contributed by atoms with Crippen LogP contribution in [0.2, 0.25) is 5.02 Å². The highest BCUT2D eigenvalue weighted by molar-refractivity contribution is 7.89. The van der Waals surface area contributed by atoms with Crippen LogP contribution in [0, 0.1) is 5.92 Å². The van der Waals surface area contributed by atoms with Crippen molar-refractivity contribution in [1.29, 1.82) is 0 Å². The fourth-order valence-corrected chi connectivity index (χ4v) is 6.53. The van der Waals surface area contributed by atoms with Gasteiger partial charge in [0.2, 0.25) is 11.8 Å². The van der Waals surface area contributed by atoms with Crippen LogP contribution >= 0.6 is 11.6 Å². The molecule has 0 bridgehead atoms. The average Bonchev–Trinajstić information content (AvgIpc) is 3.48. The number of halogens is 1. The molecule has 3 atom stereocenters. The Morgan fingerprint density at radius 1 is 1.22 bits per heavy atom. The summed E-state index contributed by atoms with van der Waals surface area (Å²) in [6, 6.07) is 7.37. The van der Waals surface area contributed by atoms with Crippen molar-refractivity contribution in [2.45, 2.75) is 36.7 Å². The van der Waals surface area contributed by atoms with Gasteiger partial charge in [-0.2, -0.15) is 0 Å². The van der Waals surface area contributed by atoms with E-state index in [9.17, 15) is 22.8 Å². The van der Waals surface area contributed by atoms with Crippen LogP contribution in [0.3, 0.4) is 0 Å². The molecule has 2 aromatic rings. The Hall–Kier alpha value is -2.73. The molecule has 2 unspecified atom stereocenters. The van der Waals surface area contributed by atoms with Crippen LogP contribution in [0.15, 0.2) is 41.3 Å². The first-order valence-electron chi connectivity index (χ1n) is 11.8. The van der Waals surface area contributed by atoms with E-state index in [2.05, 4.69) is 5.32 Å². The number of hydroxylamine groups is 1. The highest BCUT2D eigenvalue weighted by Crippen LogP contribution is 2.29. The lowest BCUT2D eigenvalue weighted by Gasteiger charge is -2.29. The number of sulfonamides is 1. The largest absolute Gasteiger partial charge is 0.355 e. The van der Waals surface area contributed by atoms with Crippen LogP contribution in [0.5, 0.6) is 0 Å². The van der Waals surface area contributed by atoms with Gasteiger partial charge >= 0.3 is 6.47 Å². The number of nitrogens with one attached hydrogen (secondary N) is 1. The molecule has 2 amide bonds. The molecule has 2 aliphatic heterocycles. The third kappa shape index (κ3) is 5.06. The summed E-state index contributed by atoms with van der Waals surface area (Å²) in [6.07, 6.45) is 0.960. The fraction of sp³-hybridized carbons (Fsp3) is 0.458. The van der Waals surface area contributed by atoms with E-state index in [-0.39, 0.29) is 30.2 Å². The van der Waals surface area contributed by atoms with Gasteiger partial charge in [-0.25, -0.2) is 8.42 Å². The lowest BCUT2D eigenvalue weighted by molar-refractivity contribution is -0.163. The molecule has 2 heterocycles. The lowest BCUT2D eigenvalue weighted by Crippen LogP contribution is -2.50. The van der Waals surface area contributed by atoms with E-state index in [1.165, 1.54) is 17.0 Å². The molecule has 36 heavy (non-hydrogen) atoms. The number of likely N-dealkylation sites (tertiary alicyclic amines) is 2. The van der Waals surface area contributed by atoms with E-state index < -0.39 is 28.0 Å². The van der Waals surface area contributed by atoms with Crippen molar-refractivity contribution in [2.75, 3.05) is 33.2 Å². The molecule has 2 aromatic carbocycles. The molecule has 0 aromatic heterocycles. The quantitative estimate of drug-likeness (QED) is 0.382. The molecule has 2 fully saturated rings. The summed E-state index contributed by atoms with van der Waals surface area (Å²) in [4.78, 5) is 45.5. The molecular weight excluding hydrogens is 508 g/mol. The first-order valence-corrected chi connectivity index (χ1v) is 13.6. The van der Waals surface area contributed by atoms with Crippen molar-refractivity contribution in [3.63, 3.8) is 0 Å². The maximum atomic E-state index is 13.4. The number of fused-ring (bicyclic) bond motifs is 1. The summed E-state index contributed by atoms with van der Waals surface area (Å²) in [6.45, 7) is 3.81. The standard InChI is InChI=1S/C24H29ClN4O6S/c1-16(23(31)27-9-7-17(14-27)13-26-2)28-10-8-22(24(28)32)29(35-15-30)36(33,34)21-6-4-18-11-20(25)5-3-19(18)12-21/h3-6,11-12,15-17,22,26H,7-10,13-14H2,1-2H3/t16-,17?,22?/m0/s1. The van der Waals surface area contributed by atoms with Gasteiger partial charge in [0.15, 0.2) is 0 Å². The second-order valence-electron chi connectivity index (χ2n) is 9.12. The molecule has 0 saturated carbocycles. The van der Waals surface area contributed by atoms with Crippen LogP contribution in [0.1, 0.15) is 19.8 Å². The van der Waals surface area contributed by atoms with Crippen molar-refractivity contribution < 1.29 is 27.6 Å². The highest BCUT2D eigenvalue weighted by Gasteiger charge is 2.47. The zero-order chi connectivity index (χ0) is 26.0. The molecule has 2 saturated heterocycles. The average molecular weight is 537 g/mol. The second-order valence-corrected chi connectivity index (χ2v) is 11.3. The number of hydrogen-bond acceptors (Lipinski definition) is 7. The predicted octanol–water partition coefficient (Wildman–Crippen LogP) is 1.63. The number of carbonyl (C=O) groups excluding carboxylic acids is 3. The van der Waals surface area contributed by atoms with Crippen molar-refractivity contribution in [3.8, 4) is 0 Å². The molecule has 2 aliphatic rings. The molecule has 194 valence electrons. The van der Waals surface area contributed by atoms with Crippen molar-refractivity contribution in [2.24, 2.45) is 5.92 Å². The van der Waals surface area contributed by atoms with Crippen LogP contribution in [0.25, 0.3) is 10.8 Å². The first-order chi connectivity index (χ1) is 17.2. The molecule has 0 aliphatic carbocycles. The van der Waals surface area contributed by atoms with Gasteiger partial charge < -0.3 is 20.0 Å². The zero-order valence-corrected chi connectivity index (χ0v) is 21.7. The first kappa shape index (κ1) is 26.3. The van der Waals surface area contributed by atoms with Crippen LogP contribution < -0.4 is 5.32 Å². The van der Waals surface area contributed by atoms with E-state index in [0.717, 1.165) is 18.4 Å². The third-order valence-corrected chi connectivity index (χ3v) is 8.74. The summed E-state index contributed by atoms with van der Waals surface area (Å²) in [5, 5.41) is 4.98. The number of hydrogen-bond donors (Lipinski definition) is 1. The molecule has 4 rings (SSSR count).